The first kappa shape index (κ1) is 20.2. The fourth-order valence-corrected chi connectivity index (χ4v) is 4.32. The van der Waals surface area contributed by atoms with E-state index in [0.717, 1.165) is 71.2 Å². The molecule has 1 unspecified atom stereocenters. The van der Waals surface area contributed by atoms with Crippen molar-refractivity contribution in [3.63, 3.8) is 0 Å². The van der Waals surface area contributed by atoms with E-state index >= 15 is 0 Å². The number of rotatable bonds is 6. The van der Waals surface area contributed by atoms with Crippen molar-refractivity contribution in [2.75, 3.05) is 51.3 Å². The molecule has 2 saturated heterocycles. The molecule has 1 atom stereocenters. The Morgan fingerprint density at radius 2 is 2.03 bits per heavy atom. The SMILES string of the molecule is CN=C(NCc1cccc(N2CC=CC2)c1)N1CCC(OCC2CCCO2)CC1. The summed E-state index contributed by atoms with van der Waals surface area (Å²) in [6.45, 7) is 6.40. The van der Waals surface area contributed by atoms with Crippen LogP contribution >= 0.6 is 0 Å². The zero-order valence-corrected chi connectivity index (χ0v) is 17.6. The largest absolute Gasteiger partial charge is 0.376 e. The van der Waals surface area contributed by atoms with Gasteiger partial charge in [0.1, 0.15) is 0 Å². The summed E-state index contributed by atoms with van der Waals surface area (Å²) < 4.78 is 11.8. The quantitative estimate of drug-likeness (QED) is 0.454. The van der Waals surface area contributed by atoms with Crippen molar-refractivity contribution in [3.05, 3.63) is 42.0 Å². The van der Waals surface area contributed by atoms with Crippen molar-refractivity contribution < 1.29 is 9.47 Å². The Labute approximate surface area is 174 Å². The average molecular weight is 399 g/mol. The molecule has 1 aromatic carbocycles. The lowest BCUT2D eigenvalue weighted by Crippen LogP contribution is -2.47. The van der Waals surface area contributed by atoms with E-state index in [1.54, 1.807) is 0 Å². The maximum absolute atomic E-state index is 6.10. The molecule has 0 spiro atoms. The number of likely N-dealkylation sites (tertiary alicyclic amines) is 1. The minimum atomic E-state index is 0.314. The van der Waals surface area contributed by atoms with Gasteiger partial charge in [-0.3, -0.25) is 4.99 Å². The van der Waals surface area contributed by atoms with Gasteiger partial charge >= 0.3 is 0 Å². The predicted octanol–water partition coefficient (Wildman–Crippen LogP) is 2.80. The molecule has 4 rings (SSSR count). The Hall–Kier alpha value is -2.05. The Balaban J connectivity index is 1.22. The second-order valence-corrected chi connectivity index (χ2v) is 8.10. The molecule has 3 heterocycles. The van der Waals surface area contributed by atoms with Crippen LogP contribution in [0.5, 0.6) is 0 Å². The summed E-state index contributed by atoms with van der Waals surface area (Å²) >= 11 is 0. The van der Waals surface area contributed by atoms with Crippen LogP contribution < -0.4 is 10.2 Å². The van der Waals surface area contributed by atoms with Crippen LogP contribution in [0.1, 0.15) is 31.2 Å². The molecule has 0 radical (unpaired) electrons. The highest BCUT2D eigenvalue weighted by Gasteiger charge is 2.24. The van der Waals surface area contributed by atoms with E-state index in [1.165, 1.54) is 17.7 Å². The van der Waals surface area contributed by atoms with Crippen molar-refractivity contribution in [3.8, 4) is 0 Å². The summed E-state index contributed by atoms with van der Waals surface area (Å²) in [5, 5.41) is 3.55. The predicted molar refractivity (Wildman–Crippen MR) is 118 cm³/mol. The van der Waals surface area contributed by atoms with E-state index in [2.05, 4.69) is 56.5 Å². The highest BCUT2D eigenvalue weighted by molar-refractivity contribution is 5.80. The highest BCUT2D eigenvalue weighted by Crippen LogP contribution is 2.20. The van der Waals surface area contributed by atoms with Gasteiger partial charge in [-0.1, -0.05) is 24.3 Å². The van der Waals surface area contributed by atoms with Gasteiger partial charge in [0.05, 0.1) is 18.8 Å². The van der Waals surface area contributed by atoms with Gasteiger partial charge in [0.15, 0.2) is 5.96 Å². The summed E-state index contributed by atoms with van der Waals surface area (Å²) in [5.74, 6) is 0.982. The molecule has 2 fully saturated rings. The second kappa shape index (κ2) is 10.1. The van der Waals surface area contributed by atoms with Crippen LogP contribution in [0.2, 0.25) is 0 Å². The molecule has 1 N–H and O–H groups in total. The van der Waals surface area contributed by atoms with Gasteiger partial charge in [0.2, 0.25) is 0 Å². The number of nitrogens with zero attached hydrogens (tertiary/aromatic N) is 3. The molecule has 6 heteroatoms. The monoisotopic (exact) mass is 398 g/mol. The number of aliphatic imine (C=N–C) groups is 1. The Bertz CT molecular complexity index is 699. The van der Waals surface area contributed by atoms with Gasteiger partial charge in [-0.15, -0.1) is 0 Å². The molecule has 0 bridgehead atoms. The van der Waals surface area contributed by atoms with Crippen LogP contribution in [-0.2, 0) is 16.0 Å². The van der Waals surface area contributed by atoms with Crippen molar-refractivity contribution in [2.24, 2.45) is 4.99 Å². The van der Waals surface area contributed by atoms with Gasteiger partial charge < -0.3 is 24.6 Å². The third-order valence-electron chi connectivity index (χ3n) is 6.04. The lowest BCUT2D eigenvalue weighted by molar-refractivity contribution is -0.0367. The van der Waals surface area contributed by atoms with E-state index < -0.39 is 0 Å². The zero-order chi connectivity index (χ0) is 19.9. The van der Waals surface area contributed by atoms with E-state index in [0.29, 0.717) is 12.2 Å². The molecule has 0 saturated carbocycles. The van der Waals surface area contributed by atoms with Crippen LogP contribution in [0.4, 0.5) is 5.69 Å². The topological polar surface area (TPSA) is 49.3 Å². The number of nitrogens with one attached hydrogen (secondary N) is 1. The lowest BCUT2D eigenvalue weighted by Gasteiger charge is -2.34. The number of benzene rings is 1. The first-order valence-corrected chi connectivity index (χ1v) is 11.0. The fraction of sp³-hybridized carbons (Fsp3) is 0.609. The maximum atomic E-state index is 6.10. The number of piperidine rings is 1. The molecule has 1 aromatic rings. The van der Waals surface area contributed by atoms with Gasteiger partial charge in [0.25, 0.3) is 0 Å². The number of guanidine groups is 1. The molecule has 29 heavy (non-hydrogen) atoms. The highest BCUT2D eigenvalue weighted by atomic mass is 16.5. The molecule has 3 aliphatic heterocycles. The normalized spacial score (nSPS) is 23.2. The molecular weight excluding hydrogens is 364 g/mol. The zero-order valence-electron chi connectivity index (χ0n) is 17.6. The maximum Gasteiger partial charge on any atom is 0.193 e. The van der Waals surface area contributed by atoms with Crippen LogP contribution in [0.25, 0.3) is 0 Å². The minimum Gasteiger partial charge on any atom is -0.376 e. The van der Waals surface area contributed by atoms with Crippen molar-refractivity contribution in [1.82, 2.24) is 10.2 Å². The van der Waals surface area contributed by atoms with Crippen molar-refractivity contribution in [1.29, 1.82) is 0 Å². The van der Waals surface area contributed by atoms with E-state index in [9.17, 15) is 0 Å². The molecule has 0 aromatic heterocycles. The molecule has 6 nitrogen and oxygen atoms in total. The molecule has 158 valence electrons. The van der Waals surface area contributed by atoms with E-state index in [-0.39, 0.29) is 0 Å². The fourth-order valence-electron chi connectivity index (χ4n) is 4.32. The summed E-state index contributed by atoms with van der Waals surface area (Å²) in [4.78, 5) is 9.23. The van der Waals surface area contributed by atoms with Crippen LogP contribution in [0, 0.1) is 0 Å². The van der Waals surface area contributed by atoms with Crippen molar-refractivity contribution >= 4 is 11.6 Å². The van der Waals surface area contributed by atoms with E-state index in [1.807, 2.05) is 7.05 Å². The Morgan fingerprint density at radius 3 is 2.76 bits per heavy atom. The number of ether oxygens (including phenoxy) is 2. The number of hydrogen-bond acceptors (Lipinski definition) is 4. The third kappa shape index (κ3) is 5.52. The summed E-state index contributed by atoms with van der Waals surface area (Å²) in [6.07, 6.45) is 9.52. The standard InChI is InChI=1S/C23H34N4O2/c1-24-23(25-17-19-6-4-7-20(16-19)26-11-2-3-12-26)27-13-9-21(10-14-27)29-18-22-8-5-15-28-22/h2-4,6-7,16,21-22H,5,8-15,17-18H2,1H3,(H,24,25). The summed E-state index contributed by atoms with van der Waals surface area (Å²) in [7, 11) is 1.87. The van der Waals surface area contributed by atoms with Gasteiger partial charge in [0, 0.05) is 52.1 Å². The Kier molecular flexibility index (Phi) is 7.06. The van der Waals surface area contributed by atoms with Gasteiger partial charge in [-0.05, 0) is 43.4 Å². The van der Waals surface area contributed by atoms with E-state index in [4.69, 9.17) is 9.47 Å². The smallest absolute Gasteiger partial charge is 0.193 e. The third-order valence-corrected chi connectivity index (χ3v) is 6.04. The second-order valence-electron chi connectivity index (χ2n) is 8.10. The first-order chi connectivity index (χ1) is 14.3. The van der Waals surface area contributed by atoms with Crippen LogP contribution in [-0.4, -0.2) is 69.5 Å². The Morgan fingerprint density at radius 1 is 1.21 bits per heavy atom. The number of hydrogen-bond donors (Lipinski definition) is 1. The average Bonchev–Trinajstić information content (AvgIpc) is 3.48. The van der Waals surface area contributed by atoms with Crippen LogP contribution in [0.3, 0.4) is 0 Å². The van der Waals surface area contributed by atoms with Crippen molar-refractivity contribution in [2.45, 2.75) is 44.4 Å². The first-order valence-electron chi connectivity index (χ1n) is 11.0. The molecule has 3 aliphatic rings. The lowest BCUT2D eigenvalue weighted by atomic mass is 10.1. The minimum absolute atomic E-state index is 0.314. The molecular formula is C23H34N4O2. The summed E-state index contributed by atoms with van der Waals surface area (Å²) in [6, 6.07) is 8.79. The molecule has 0 aliphatic carbocycles. The summed E-state index contributed by atoms with van der Waals surface area (Å²) in [5.41, 5.74) is 2.57. The molecule has 0 amide bonds. The number of anilines is 1. The van der Waals surface area contributed by atoms with Gasteiger partial charge in [-0.25, -0.2) is 0 Å². The van der Waals surface area contributed by atoms with Crippen LogP contribution in [0.15, 0.2) is 41.4 Å². The van der Waals surface area contributed by atoms with Gasteiger partial charge in [-0.2, -0.15) is 0 Å².